The second-order valence-electron chi connectivity index (χ2n) is 5.58. The van der Waals surface area contributed by atoms with Crippen molar-refractivity contribution in [2.45, 2.75) is 32.5 Å². The van der Waals surface area contributed by atoms with E-state index in [4.69, 9.17) is 4.52 Å². The molecule has 0 aliphatic carbocycles. The second kappa shape index (κ2) is 5.77. The summed E-state index contributed by atoms with van der Waals surface area (Å²) < 4.78 is 5.16. The highest BCUT2D eigenvalue weighted by Gasteiger charge is 2.26. The Labute approximate surface area is 119 Å². The Bertz CT molecular complexity index is 552. The highest BCUT2D eigenvalue weighted by Crippen LogP contribution is 2.21. The Kier molecular flexibility index (Phi) is 3.85. The first-order valence-corrected chi connectivity index (χ1v) is 7.17. The van der Waals surface area contributed by atoms with Gasteiger partial charge in [-0.15, -0.1) is 0 Å². The smallest absolute Gasteiger partial charge is 0.133 e. The molecule has 1 aromatic heterocycles. The van der Waals surface area contributed by atoms with Gasteiger partial charge in [-0.3, -0.25) is 4.90 Å². The molecular weight excluding hydrogens is 250 g/mol. The van der Waals surface area contributed by atoms with Crippen molar-refractivity contribution in [2.24, 2.45) is 0 Å². The summed E-state index contributed by atoms with van der Waals surface area (Å²) in [7, 11) is 0. The molecule has 0 amide bonds. The zero-order valence-electron chi connectivity index (χ0n) is 12.0. The highest BCUT2D eigenvalue weighted by atomic mass is 16.5. The lowest BCUT2D eigenvalue weighted by atomic mass is 10.0. The summed E-state index contributed by atoms with van der Waals surface area (Å²) in [4.78, 5) is 2.46. The topological polar surface area (TPSA) is 41.3 Å². The van der Waals surface area contributed by atoms with Crippen LogP contribution >= 0.6 is 0 Å². The van der Waals surface area contributed by atoms with E-state index in [2.05, 4.69) is 52.6 Å². The average molecular weight is 271 g/mol. The third kappa shape index (κ3) is 2.92. The van der Waals surface area contributed by atoms with E-state index in [1.54, 1.807) is 0 Å². The predicted octanol–water partition coefficient (Wildman–Crippen LogP) is 2.52. The minimum absolute atomic E-state index is 0.389. The standard InChI is InChI=1S/C16H21N3O/c1-12-9-17-16(14-6-4-3-5-7-14)11-19(12)10-15-8-13(2)20-18-15/h3-8,12,16-17H,9-11H2,1-2H3. The van der Waals surface area contributed by atoms with Crippen molar-refractivity contribution in [3.8, 4) is 0 Å². The summed E-state index contributed by atoms with van der Waals surface area (Å²) in [6.07, 6.45) is 0. The molecule has 0 radical (unpaired) electrons. The Balaban J connectivity index is 1.70. The van der Waals surface area contributed by atoms with E-state index in [-0.39, 0.29) is 0 Å². The normalized spacial score (nSPS) is 23.9. The first kappa shape index (κ1) is 13.3. The quantitative estimate of drug-likeness (QED) is 0.931. The number of piperazine rings is 1. The Morgan fingerprint density at radius 2 is 2.15 bits per heavy atom. The summed E-state index contributed by atoms with van der Waals surface area (Å²) in [5, 5.41) is 7.73. The van der Waals surface area contributed by atoms with Crippen molar-refractivity contribution in [1.29, 1.82) is 0 Å². The molecule has 2 unspecified atom stereocenters. The van der Waals surface area contributed by atoms with Crippen LogP contribution in [0, 0.1) is 6.92 Å². The third-order valence-corrected chi connectivity index (χ3v) is 3.94. The van der Waals surface area contributed by atoms with Gasteiger partial charge in [-0.1, -0.05) is 35.5 Å². The Hall–Kier alpha value is -1.65. The maximum absolute atomic E-state index is 5.16. The fraction of sp³-hybridized carbons (Fsp3) is 0.438. The summed E-state index contributed by atoms with van der Waals surface area (Å²) in [6, 6.07) is 13.5. The van der Waals surface area contributed by atoms with E-state index in [0.29, 0.717) is 12.1 Å². The first-order chi connectivity index (χ1) is 9.72. The van der Waals surface area contributed by atoms with E-state index in [1.165, 1.54) is 5.56 Å². The van der Waals surface area contributed by atoms with Gasteiger partial charge in [0.1, 0.15) is 5.76 Å². The second-order valence-corrected chi connectivity index (χ2v) is 5.58. The van der Waals surface area contributed by atoms with E-state index in [0.717, 1.165) is 31.1 Å². The number of hydrogen-bond acceptors (Lipinski definition) is 4. The minimum atomic E-state index is 0.389. The number of hydrogen-bond donors (Lipinski definition) is 1. The monoisotopic (exact) mass is 271 g/mol. The maximum atomic E-state index is 5.16. The maximum Gasteiger partial charge on any atom is 0.133 e. The van der Waals surface area contributed by atoms with Gasteiger partial charge in [-0.25, -0.2) is 0 Å². The lowest BCUT2D eigenvalue weighted by Gasteiger charge is -2.38. The molecule has 2 atom stereocenters. The van der Waals surface area contributed by atoms with Crippen LogP contribution in [0.15, 0.2) is 40.9 Å². The molecule has 1 saturated heterocycles. The molecule has 4 nitrogen and oxygen atoms in total. The summed E-state index contributed by atoms with van der Waals surface area (Å²) in [5.41, 5.74) is 2.36. The molecule has 0 saturated carbocycles. The van der Waals surface area contributed by atoms with Gasteiger partial charge >= 0.3 is 0 Å². The van der Waals surface area contributed by atoms with Crippen LogP contribution in [-0.2, 0) is 6.54 Å². The molecule has 1 aliphatic heterocycles. The van der Waals surface area contributed by atoms with Crippen LogP contribution in [0.1, 0.15) is 30.0 Å². The molecule has 3 rings (SSSR count). The molecule has 1 aromatic carbocycles. The van der Waals surface area contributed by atoms with Gasteiger partial charge in [0.25, 0.3) is 0 Å². The largest absolute Gasteiger partial charge is 0.361 e. The summed E-state index contributed by atoms with van der Waals surface area (Å²) in [5.74, 6) is 0.877. The van der Waals surface area contributed by atoms with Gasteiger partial charge < -0.3 is 9.84 Å². The molecule has 4 heteroatoms. The Morgan fingerprint density at radius 3 is 2.85 bits per heavy atom. The van der Waals surface area contributed by atoms with E-state index in [9.17, 15) is 0 Å². The molecule has 1 aliphatic rings. The number of rotatable bonds is 3. The lowest BCUT2D eigenvalue weighted by Crippen LogP contribution is -2.50. The molecule has 2 heterocycles. The number of nitrogens with zero attached hydrogens (tertiary/aromatic N) is 2. The minimum Gasteiger partial charge on any atom is -0.361 e. The molecule has 0 spiro atoms. The Morgan fingerprint density at radius 1 is 1.35 bits per heavy atom. The predicted molar refractivity (Wildman–Crippen MR) is 78.3 cm³/mol. The van der Waals surface area contributed by atoms with E-state index < -0.39 is 0 Å². The number of aryl methyl sites for hydroxylation is 1. The van der Waals surface area contributed by atoms with Crippen LogP contribution in [0.3, 0.4) is 0 Å². The van der Waals surface area contributed by atoms with Crippen LogP contribution < -0.4 is 5.32 Å². The van der Waals surface area contributed by atoms with Crippen molar-refractivity contribution in [1.82, 2.24) is 15.4 Å². The molecule has 1 N–H and O–H groups in total. The van der Waals surface area contributed by atoms with Crippen molar-refractivity contribution >= 4 is 0 Å². The van der Waals surface area contributed by atoms with Crippen LogP contribution in [-0.4, -0.2) is 29.2 Å². The fourth-order valence-corrected chi connectivity index (χ4v) is 2.75. The highest BCUT2D eigenvalue weighted by molar-refractivity contribution is 5.20. The van der Waals surface area contributed by atoms with Crippen LogP contribution in [0.25, 0.3) is 0 Å². The van der Waals surface area contributed by atoms with Gasteiger partial charge in [0, 0.05) is 37.8 Å². The van der Waals surface area contributed by atoms with Crippen LogP contribution in [0.2, 0.25) is 0 Å². The summed E-state index contributed by atoms with van der Waals surface area (Å²) >= 11 is 0. The van der Waals surface area contributed by atoms with Gasteiger partial charge in [0.05, 0.1) is 5.69 Å². The van der Waals surface area contributed by atoms with Crippen LogP contribution in [0.4, 0.5) is 0 Å². The molecule has 106 valence electrons. The SMILES string of the molecule is Cc1cc(CN2CC(c3ccccc3)NCC2C)no1. The summed E-state index contributed by atoms with van der Waals surface area (Å²) in [6.45, 7) is 7.03. The average Bonchev–Trinajstić information content (AvgIpc) is 2.88. The van der Waals surface area contributed by atoms with Crippen molar-refractivity contribution < 1.29 is 4.52 Å². The van der Waals surface area contributed by atoms with Gasteiger partial charge in [-0.2, -0.15) is 0 Å². The third-order valence-electron chi connectivity index (χ3n) is 3.94. The van der Waals surface area contributed by atoms with Crippen molar-refractivity contribution in [3.63, 3.8) is 0 Å². The van der Waals surface area contributed by atoms with Gasteiger partial charge in [0.15, 0.2) is 0 Å². The van der Waals surface area contributed by atoms with Crippen molar-refractivity contribution in [3.05, 3.63) is 53.4 Å². The first-order valence-electron chi connectivity index (χ1n) is 7.17. The molecule has 0 bridgehead atoms. The molecular formula is C16H21N3O. The fourth-order valence-electron chi connectivity index (χ4n) is 2.75. The van der Waals surface area contributed by atoms with Crippen molar-refractivity contribution in [2.75, 3.05) is 13.1 Å². The zero-order chi connectivity index (χ0) is 13.9. The zero-order valence-corrected chi connectivity index (χ0v) is 12.0. The molecule has 1 fully saturated rings. The van der Waals surface area contributed by atoms with E-state index in [1.807, 2.05) is 13.0 Å². The lowest BCUT2D eigenvalue weighted by molar-refractivity contribution is 0.130. The van der Waals surface area contributed by atoms with Gasteiger partial charge in [0.2, 0.25) is 0 Å². The molecule has 2 aromatic rings. The number of nitrogens with one attached hydrogen (secondary N) is 1. The number of aromatic nitrogens is 1. The number of benzene rings is 1. The molecule has 20 heavy (non-hydrogen) atoms. The van der Waals surface area contributed by atoms with Gasteiger partial charge in [-0.05, 0) is 19.4 Å². The van der Waals surface area contributed by atoms with E-state index >= 15 is 0 Å². The van der Waals surface area contributed by atoms with Crippen LogP contribution in [0.5, 0.6) is 0 Å².